The first-order valence-corrected chi connectivity index (χ1v) is 5.55. The molecule has 0 bridgehead atoms. The lowest BCUT2D eigenvalue weighted by molar-refractivity contribution is -0.152. The molecule has 1 atom stereocenters. The van der Waals surface area contributed by atoms with E-state index in [0.717, 1.165) is 0 Å². The van der Waals surface area contributed by atoms with Gasteiger partial charge in [0.2, 0.25) is 0 Å². The van der Waals surface area contributed by atoms with Crippen molar-refractivity contribution < 1.29 is 19.4 Å². The van der Waals surface area contributed by atoms with Crippen molar-refractivity contribution in [1.29, 1.82) is 0 Å². The summed E-state index contributed by atoms with van der Waals surface area (Å²) < 4.78 is 9.80. The summed E-state index contributed by atoms with van der Waals surface area (Å²) in [4.78, 5) is 11.7. The largest absolute Gasteiger partial charge is 0.508 e. The van der Waals surface area contributed by atoms with E-state index in [4.69, 9.17) is 15.2 Å². The summed E-state index contributed by atoms with van der Waals surface area (Å²) in [5.74, 6) is 0.163. The van der Waals surface area contributed by atoms with Gasteiger partial charge in [0, 0.05) is 11.6 Å². The average Bonchev–Trinajstić information content (AvgIpc) is 2.37. The molecule has 0 spiro atoms. The number of carbonyl (C=O) groups is 1. The minimum atomic E-state index is -0.946. The predicted octanol–water partition coefficient (Wildman–Crippen LogP) is 1.60. The number of phenols is 1. The summed E-state index contributed by atoms with van der Waals surface area (Å²) in [6.07, 6.45) is 0. The Hall–Kier alpha value is -1.75. The first-order valence-electron chi connectivity index (χ1n) is 5.55. The number of esters is 1. The second kappa shape index (κ2) is 5.27. The van der Waals surface area contributed by atoms with Crippen LogP contribution in [0.2, 0.25) is 0 Å². The summed E-state index contributed by atoms with van der Waals surface area (Å²) in [7, 11) is 2.83. The summed E-state index contributed by atoms with van der Waals surface area (Å²) in [5, 5.41) is 9.83. The SMILES string of the molecule is COC(=O)C(C)(C)[C@H](N)c1cc(OC)ccc1O. The normalized spacial score (nSPS) is 12.9. The van der Waals surface area contributed by atoms with E-state index in [2.05, 4.69) is 0 Å². The number of ether oxygens (including phenoxy) is 2. The van der Waals surface area contributed by atoms with Gasteiger partial charge in [0.05, 0.1) is 19.6 Å². The Bertz CT molecular complexity index is 443. The first-order chi connectivity index (χ1) is 8.34. The van der Waals surface area contributed by atoms with Crippen molar-refractivity contribution in [1.82, 2.24) is 0 Å². The number of aromatic hydroxyl groups is 1. The number of phenolic OH excluding ortho intramolecular Hbond substituents is 1. The van der Waals surface area contributed by atoms with Gasteiger partial charge in [-0.1, -0.05) is 0 Å². The molecule has 0 amide bonds. The Morgan fingerprint density at radius 2 is 2.00 bits per heavy atom. The van der Waals surface area contributed by atoms with Crippen LogP contribution in [0, 0.1) is 5.41 Å². The summed E-state index contributed by atoms with van der Waals surface area (Å²) in [6, 6.07) is 4.03. The minimum Gasteiger partial charge on any atom is -0.508 e. The molecule has 5 nitrogen and oxygen atoms in total. The summed E-state index contributed by atoms with van der Waals surface area (Å²) in [6.45, 7) is 3.34. The lowest BCUT2D eigenvalue weighted by Crippen LogP contribution is -2.37. The van der Waals surface area contributed by atoms with Gasteiger partial charge in [0.1, 0.15) is 11.5 Å². The van der Waals surface area contributed by atoms with Crippen LogP contribution in [0.1, 0.15) is 25.5 Å². The van der Waals surface area contributed by atoms with Crippen molar-refractivity contribution in [3.05, 3.63) is 23.8 Å². The van der Waals surface area contributed by atoms with Crippen LogP contribution in [0.4, 0.5) is 0 Å². The molecule has 0 unspecified atom stereocenters. The molecule has 0 saturated heterocycles. The Balaban J connectivity index is 3.17. The van der Waals surface area contributed by atoms with E-state index in [9.17, 15) is 9.90 Å². The summed E-state index contributed by atoms with van der Waals surface area (Å²) >= 11 is 0. The molecule has 100 valence electrons. The third-order valence-electron chi connectivity index (χ3n) is 3.06. The van der Waals surface area contributed by atoms with Gasteiger partial charge in [-0.15, -0.1) is 0 Å². The maximum atomic E-state index is 11.7. The Morgan fingerprint density at radius 3 is 2.50 bits per heavy atom. The highest BCUT2D eigenvalue weighted by Crippen LogP contribution is 2.38. The van der Waals surface area contributed by atoms with Gasteiger partial charge in [-0.25, -0.2) is 0 Å². The summed E-state index contributed by atoms with van der Waals surface area (Å²) in [5.41, 5.74) is 5.56. The molecule has 1 aromatic carbocycles. The standard InChI is InChI=1S/C13H19NO4/c1-13(2,12(16)18-4)11(14)9-7-8(17-3)5-6-10(9)15/h5-7,11,15H,14H2,1-4H3/t11-/m1/s1. The molecular formula is C13H19NO4. The molecule has 0 aliphatic heterocycles. The highest BCUT2D eigenvalue weighted by molar-refractivity contribution is 5.77. The zero-order chi connectivity index (χ0) is 13.9. The monoisotopic (exact) mass is 253 g/mol. The van der Waals surface area contributed by atoms with Gasteiger partial charge in [-0.05, 0) is 32.0 Å². The first kappa shape index (κ1) is 14.3. The number of benzene rings is 1. The number of hydrogen-bond acceptors (Lipinski definition) is 5. The molecule has 0 aromatic heterocycles. The number of nitrogens with two attached hydrogens (primary N) is 1. The maximum Gasteiger partial charge on any atom is 0.313 e. The molecule has 0 heterocycles. The third kappa shape index (κ3) is 2.56. The van der Waals surface area contributed by atoms with E-state index in [1.165, 1.54) is 20.3 Å². The topological polar surface area (TPSA) is 81.8 Å². The molecule has 1 aromatic rings. The molecule has 0 aliphatic carbocycles. The van der Waals surface area contributed by atoms with Crippen molar-refractivity contribution in [3.63, 3.8) is 0 Å². The smallest absolute Gasteiger partial charge is 0.313 e. The van der Waals surface area contributed by atoms with Crippen molar-refractivity contribution in [2.75, 3.05) is 14.2 Å². The minimum absolute atomic E-state index is 0.0280. The fourth-order valence-corrected chi connectivity index (χ4v) is 1.69. The lowest BCUT2D eigenvalue weighted by atomic mass is 9.80. The van der Waals surface area contributed by atoms with E-state index in [1.807, 2.05) is 0 Å². The Morgan fingerprint density at radius 1 is 1.39 bits per heavy atom. The van der Waals surface area contributed by atoms with Crippen molar-refractivity contribution in [2.24, 2.45) is 11.1 Å². The molecule has 5 heteroatoms. The number of carbonyl (C=O) groups excluding carboxylic acids is 1. The van der Waals surface area contributed by atoms with E-state index in [0.29, 0.717) is 11.3 Å². The van der Waals surface area contributed by atoms with Gasteiger partial charge >= 0.3 is 5.97 Å². The molecule has 18 heavy (non-hydrogen) atoms. The Labute approximate surface area is 107 Å². The quantitative estimate of drug-likeness (QED) is 0.796. The number of methoxy groups -OCH3 is 2. The average molecular weight is 253 g/mol. The molecule has 0 saturated carbocycles. The molecular weight excluding hydrogens is 234 g/mol. The molecule has 1 rings (SSSR count). The van der Waals surface area contributed by atoms with E-state index in [1.54, 1.807) is 26.0 Å². The maximum absolute atomic E-state index is 11.7. The van der Waals surface area contributed by atoms with Crippen molar-refractivity contribution >= 4 is 5.97 Å². The zero-order valence-corrected chi connectivity index (χ0v) is 11.1. The Kier molecular flexibility index (Phi) is 4.19. The second-order valence-electron chi connectivity index (χ2n) is 4.62. The van der Waals surface area contributed by atoms with Crippen LogP contribution >= 0.6 is 0 Å². The predicted molar refractivity (Wildman–Crippen MR) is 67.4 cm³/mol. The highest BCUT2D eigenvalue weighted by Gasteiger charge is 2.37. The van der Waals surface area contributed by atoms with Crippen LogP contribution in [0.3, 0.4) is 0 Å². The fourth-order valence-electron chi connectivity index (χ4n) is 1.69. The number of hydrogen-bond donors (Lipinski definition) is 2. The third-order valence-corrected chi connectivity index (χ3v) is 3.06. The van der Waals surface area contributed by atoms with Crippen LogP contribution in [0.15, 0.2) is 18.2 Å². The van der Waals surface area contributed by atoms with Crippen LogP contribution < -0.4 is 10.5 Å². The highest BCUT2D eigenvalue weighted by atomic mass is 16.5. The van der Waals surface area contributed by atoms with Crippen LogP contribution in [-0.4, -0.2) is 25.3 Å². The van der Waals surface area contributed by atoms with Crippen LogP contribution in [0.5, 0.6) is 11.5 Å². The van der Waals surface area contributed by atoms with Gasteiger partial charge in [0.25, 0.3) is 0 Å². The van der Waals surface area contributed by atoms with Gasteiger partial charge in [-0.2, -0.15) is 0 Å². The molecule has 0 radical (unpaired) electrons. The van der Waals surface area contributed by atoms with Gasteiger partial charge in [-0.3, -0.25) is 4.79 Å². The van der Waals surface area contributed by atoms with Gasteiger partial charge < -0.3 is 20.3 Å². The van der Waals surface area contributed by atoms with Crippen LogP contribution in [0.25, 0.3) is 0 Å². The van der Waals surface area contributed by atoms with Crippen LogP contribution in [-0.2, 0) is 9.53 Å². The van der Waals surface area contributed by atoms with E-state index >= 15 is 0 Å². The number of rotatable bonds is 4. The molecule has 3 N–H and O–H groups in total. The lowest BCUT2D eigenvalue weighted by Gasteiger charge is -2.29. The van der Waals surface area contributed by atoms with Crippen molar-refractivity contribution in [2.45, 2.75) is 19.9 Å². The van der Waals surface area contributed by atoms with Gasteiger partial charge in [0.15, 0.2) is 0 Å². The van der Waals surface area contributed by atoms with E-state index < -0.39 is 17.4 Å². The molecule has 0 aliphatic rings. The van der Waals surface area contributed by atoms with E-state index in [-0.39, 0.29) is 5.75 Å². The fraction of sp³-hybridized carbons (Fsp3) is 0.462. The molecule has 0 fully saturated rings. The van der Waals surface area contributed by atoms with Crippen molar-refractivity contribution in [3.8, 4) is 11.5 Å². The zero-order valence-electron chi connectivity index (χ0n) is 11.1. The second-order valence-corrected chi connectivity index (χ2v) is 4.62.